The maximum Gasteiger partial charge on any atom is 0.422 e. The van der Waals surface area contributed by atoms with Gasteiger partial charge in [0.1, 0.15) is 22.7 Å². The van der Waals surface area contributed by atoms with Gasteiger partial charge in [0, 0.05) is 39.3 Å². The summed E-state index contributed by atoms with van der Waals surface area (Å²) in [5.41, 5.74) is 4.58. The van der Waals surface area contributed by atoms with Crippen LogP contribution >= 0.6 is 0 Å². The van der Waals surface area contributed by atoms with Gasteiger partial charge < -0.3 is 25.0 Å². The van der Waals surface area contributed by atoms with E-state index in [-0.39, 0.29) is 29.2 Å². The van der Waals surface area contributed by atoms with Crippen LogP contribution in [0, 0.1) is 0 Å². The third-order valence-electron chi connectivity index (χ3n) is 6.61. The van der Waals surface area contributed by atoms with Crippen molar-refractivity contribution in [1.82, 2.24) is 9.80 Å². The fraction of sp³-hybridized carbons (Fsp3) is 0.500. The number of likely N-dealkylation sites (N-methyl/N-ethyl adjacent to an activating group) is 1. The Hall–Kier alpha value is -3.14. The minimum absolute atomic E-state index is 0.0335. The van der Waals surface area contributed by atoms with E-state index in [1.807, 2.05) is 0 Å². The Kier molecular flexibility index (Phi) is 7.01. The molecule has 10 heteroatoms. The zero-order valence-electron chi connectivity index (χ0n) is 21.0. The number of halogens is 3. The van der Waals surface area contributed by atoms with Crippen LogP contribution in [0.15, 0.2) is 42.5 Å². The third-order valence-corrected chi connectivity index (χ3v) is 6.61. The van der Waals surface area contributed by atoms with Gasteiger partial charge in [0.05, 0.1) is 17.4 Å². The molecule has 2 atom stereocenters. The predicted octanol–water partition coefficient (Wildman–Crippen LogP) is 5.21. The smallest absolute Gasteiger partial charge is 0.422 e. The van der Waals surface area contributed by atoms with Crippen molar-refractivity contribution in [3.8, 4) is 11.5 Å². The fourth-order valence-electron chi connectivity index (χ4n) is 5.01. The molecule has 0 radical (unpaired) electrons. The topological polar surface area (TPSA) is 71.3 Å². The zero-order valence-corrected chi connectivity index (χ0v) is 21.0. The minimum Gasteiger partial charge on any atom is -0.457 e. The van der Waals surface area contributed by atoms with Gasteiger partial charge in [-0.15, -0.1) is 0 Å². The fourth-order valence-corrected chi connectivity index (χ4v) is 5.01. The molecule has 2 aliphatic heterocycles. The SMILES string of the molecule is CN(C(=O)OC(C)(C)C)[C@@H]1CCN2CCN(c3c(N)ccc(Oc4ccccc4)c3C(F)(F)F)C[C@@H]12. The molecule has 2 N–H and O–H groups in total. The Morgan fingerprint density at radius 2 is 1.75 bits per heavy atom. The van der Waals surface area contributed by atoms with Gasteiger partial charge in [0.2, 0.25) is 0 Å². The summed E-state index contributed by atoms with van der Waals surface area (Å²) >= 11 is 0. The Balaban J connectivity index is 1.64. The molecule has 2 aromatic rings. The van der Waals surface area contributed by atoms with Crippen molar-refractivity contribution in [1.29, 1.82) is 0 Å². The number of piperazine rings is 1. The molecule has 0 bridgehead atoms. The predicted molar refractivity (Wildman–Crippen MR) is 132 cm³/mol. The average molecular weight is 507 g/mol. The second kappa shape index (κ2) is 9.72. The number of carbonyl (C=O) groups is 1. The summed E-state index contributed by atoms with van der Waals surface area (Å²) in [6.45, 7) is 7.39. The maximum absolute atomic E-state index is 14.4. The van der Waals surface area contributed by atoms with E-state index in [0.29, 0.717) is 31.8 Å². The summed E-state index contributed by atoms with van der Waals surface area (Å²) in [5, 5.41) is 0. The number of hydrogen-bond acceptors (Lipinski definition) is 6. The number of alkyl halides is 3. The van der Waals surface area contributed by atoms with Gasteiger partial charge in [-0.05, 0) is 51.5 Å². The number of rotatable bonds is 4. The first kappa shape index (κ1) is 25.9. The van der Waals surface area contributed by atoms with E-state index in [1.165, 1.54) is 12.1 Å². The number of nitrogens with two attached hydrogens (primary N) is 1. The molecule has 0 saturated carbocycles. The van der Waals surface area contributed by atoms with E-state index in [2.05, 4.69) is 4.90 Å². The van der Waals surface area contributed by atoms with E-state index in [4.69, 9.17) is 15.2 Å². The summed E-state index contributed by atoms with van der Waals surface area (Å²) < 4.78 is 54.5. The average Bonchev–Trinajstić information content (AvgIpc) is 3.21. The van der Waals surface area contributed by atoms with Crippen LogP contribution in [0.25, 0.3) is 0 Å². The van der Waals surface area contributed by atoms with Crippen LogP contribution in [0.4, 0.5) is 29.3 Å². The van der Waals surface area contributed by atoms with Crippen molar-refractivity contribution < 1.29 is 27.4 Å². The van der Waals surface area contributed by atoms with Crippen molar-refractivity contribution >= 4 is 17.5 Å². The largest absolute Gasteiger partial charge is 0.457 e. The van der Waals surface area contributed by atoms with Crippen LogP contribution in [0.5, 0.6) is 11.5 Å². The highest BCUT2D eigenvalue weighted by atomic mass is 19.4. The lowest BCUT2D eigenvalue weighted by atomic mass is 10.0. The van der Waals surface area contributed by atoms with Crippen molar-refractivity contribution in [3.05, 3.63) is 48.0 Å². The zero-order chi connectivity index (χ0) is 26.3. The number of fused-ring (bicyclic) bond motifs is 1. The molecule has 1 amide bonds. The lowest BCUT2D eigenvalue weighted by Crippen LogP contribution is -2.57. The van der Waals surface area contributed by atoms with Crippen molar-refractivity contribution in [2.24, 2.45) is 0 Å². The number of ether oxygens (including phenoxy) is 2. The van der Waals surface area contributed by atoms with Crippen LogP contribution in [0.3, 0.4) is 0 Å². The summed E-state index contributed by atoms with van der Waals surface area (Å²) in [7, 11) is 1.69. The van der Waals surface area contributed by atoms with E-state index in [9.17, 15) is 18.0 Å². The highest BCUT2D eigenvalue weighted by Gasteiger charge is 2.45. The standard InChI is InChI=1S/C26H33F3N4O3/c1-25(2,3)36-24(34)31(4)19-12-13-32-14-15-33(16-20(19)32)23-18(30)10-11-21(22(23)26(27,28)29)35-17-8-6-5-7-9-17/h5-11,19-20H,12-16,30H2,1-4H3/t19-,20+/m1/s1. The van der Waals surface area contributed by atoms with E-state index < -0.39 is 23.4 Å². The lowest BCUT2D eigenvalue weighted by molar-refractivity contribution is -0.138. The van der Waals surface area contributed by atoms with Gasteiger partial charge >= 0.3 is 12.3 Å². The monoisotopic (exact) mass is 506 g/mol. The number of hydrogen-bond donors (Lipinski definition) is 1. The molecular formula is C26H33F3N4O3. The van der Waals surface area contributed by atoms with E-state index in [0.717, 1.165) is 6.54 Å². The van der Waals surface area contributed by atoms with Crippen LogP contribution < -0.4 is 15.4 Å². The molecule has 2 saturated heterocycles. The first-order valence-corrected chi connectivity index (χ1v) is 12.0. The second-order valence-corrected chi connectivity index (χ2v) is 10.3. The molecule has 36 heavy (non-hydrogen) atoms. The van der Waals surface area contributed by atoms with Gasteiger partial charge in [-0.1, -0.05) is 18.2 Å². The molecule has 7 nitrogen and oxygen atoms in total. The molecule has 2 aliphatic rings. The molecule has 0 aliphatic carbocycles. The molecule has 0 aromatic heterocycles. The number of carbonyl (C=O) groups excluding carboxylic acids is 1. The Morgan fingerprint density at radius 1 is 1.06 bits per heavy atom. The van der Waals surface area contributed by atoms with Crippen molar-refractivity contribution in [3.63, 3.8) is 0 Å². The summed E-state index contributed by atoms with van der Waals surface area (Å²) in [6.07, 6.45) is -4.42. The van der Waals surface area contributed by atoms with Crippen LogP contribution in [0.1, 0.15) is 32.8 Å². The van der Waals surface area contributed by atoms with E-state index >= 15 is 0 Å². The Labute approximate surface area is 209 Å². The molecular weight excluding hydrogens is 473 g/mol. The number of para-hydroxylation sites is 1. The number of amides is 1. The van der Waals surface area contributed by atoms with E-state index in [1.54, 1.807) is 68.0 Å². The van der Waals surface area contributed by atoms with Gasteiger partial charge in [0.25, 0.3) is 0 Å². The molecule has 2 aromatic carbocycles. The van der Waals surface area contributed by atoms with Crippen molar-refractivity contribution in [2.75, 3.05) is 43.9 Å². The normalized spacial score (nSPS) is 20.7. The third kappa shape index (κ3) is 5.48. The quantitative estimate of drug-likeness (QED) is 0.574. The molecule has 196 valence electrons. The highest BCUT2D eigenvalue weighted by Crippen LogP contribution is 2.47. The van der Waals surface area contributed by atoms with Gasteiger partial charge in [-0.25, -0.2) is 4.79 Å². The van der Waals surface area contributed by atoms with Crippen LogP contribution in [-0.4, -0.2) is 66.8 Å². The summed E-state index contributed by atoms with van der Waals surface area (Å²) in [5.74, 6) is 0.00700. The van der Waals surface area contributed by atoms with Crippen LogP contribution in [0.2, 0.25) is 0 Å². The maximum atomic E-state index is 14.4. The first-order chi connectivity index (χ1) is 16.8. The van der Waals surface area contributed by atoms with Gasteiger partial charge in [0.15, 0.2) is 0 Å². The highest BCUT2D eigenvalue weighted by molar-refractivity contribution is 5.76. The van der Waals surface area contributed by atoms with Gasteiger partial charge in [-0.2, -0.15) is 13.2 Å². The number of benzene rings is 2. The number of nitrogens with zero attached hydrogens (tertiary/aromatic N) is 3. The first-order valence-electron chi connectivity index (χ1n) is 12.0. The molecule has 4 rings (SSSR count). The second-order valence-electron chi connectivity index (χ2n) is 10.3. The molecule has 0 unspecified atom stereocenters. The lowest BCUT2D eigenvalue weighted by Gasteiger charge is -2.43. The molecule has 0 spiro atoms. The summed E-state index contributed by atoms with van der Waals surface area (Å²) in [6, 6.07) is 10.7. The Morgan fingerprint density at radius 3 is 2.39 bits per heavy atom. The number of nitrogen functional groups attached to an aromatic ring is 1. The molecule has 2 heterocycles. The minimum atomic E-state index is -4.69. The Bertz CT molecular complexity index is 1090. The summed E-state index contributed by atoms with van der Waals surface area (Å²) in [4.78, 5) is 18.2. The molecule has 2 fully saturated rings. The van der Waals surface area contributed by atoms with Gasteiger partial charge in [-0.3, -0.25) is 4.90 Å². The van der Waals surface area contributed by atoms with Crippen LogP contribution in [-0.2, 0) is 10.9 Å². The van der Waals surface area contributed by atoms with Crippen molar-refractivity contribution in [2.45, 2.75) is 51.1 Å². The number of anilines is 2.